The van der Waals surface area contributed by atoms with E-state index in [2.05, 4.69) is 32.5 Å². The topological polar surface area (TPSA) is 85.6 Å². The molecule has 0 saturated carbocycles. The third-order valence-corrected chi connectivity index (χ3v) is 4.80. The third kappa shape index (κ3) is 6.84. The van der Waals surface area contributed by atoms with Crippen LogP contribution >= 0.6 is 24.0 Å². The van der Waals surface area contributed by atoms with Crippen LogP contribution in [-0.4, -0.2) is 47.8 Å². The molecular formula is C23H31IN6O2. The molecule has 0 unspecified atom stereocenters. The summed E-state index contributed by atoms with van der Waals surface area (Å²) < 4.78 is 12.6. The van der Waals surface area contributed by atoms with Gasteiger partial charge in [0, 0.05) is 31.7 Å². The first kappa shape index (κ1) is 25.4. The van der Waals surface area contributed by atoms with Crippen molar-refractivity contribution >= 4 is 29.9 Å². The van der Waals surface area contributed by atoms with Crippen LogP contribution in [0.2, 0.25) is 0 Å². The molecule has 3 rings (SSSR count). The summed E-state index contributed by atoms with van der Waals surface area (Å²) in [6, 6.07) is 9.99. The second-order valence-electron chi connectivity index (χ2n) is 6.93. The SMILES string of the molecule is CCNC(=NCc1ccc(-n2ccnc2C)nc1)NCCc1ccc(OC)c(OC)c1.I. The van der Waals surface area contributed by atoms with E-state index in [0.29, 0.717) is 6.54 Å². The van der Waals surface area contributed by atoms with Gasteiger partial charge in [0.15, 0.2) is 17.5 Å². The average molecular weight is 550 g/mol. The zero-order chi connectivity index (χ0) is 22.1. The Hall–Kier alpha value is -2.82. The maximum Gasteiger partial charge on any atom is 0.191 e. The van der Waals surface area contributed by atoms with Gasteiger partial charge < -0.3 is 20.1 Å². The molecule has 0 radical (unpaired) electrons. The van der Waals surface area contributed by atoms with Crippen molar-refractivity contribution in [2.24, 2.45) is 4.99 Å². The van der Waals surface area contributed by atoms with E-state index in [1.54, 1.807) is 20.4 Å². The van der Waals surface area contributed by atoms with Crippen molar-refractivity contribution in [3.8, 4) is 17.3 Å². The molecule has 2 aromatic heterocycles. The molecule has 0 spiro atoms. The lowest BCUT2D eigenvalue weighted by molar-refractivity contribution is 0.354. The van der Waals surface area contributed by atoms with Crippen LogP contribution in [-0.2, 0) is 13.0 Å². The van der Waals surface area contributed by atoms with Crippen molar-refractivity contribution in [2.75, 3.05) is 27.3 Å². The fraction of sp³-hybridized carbons (Fsp3) is 0.348. The van der Waals surface area contributed by atoms with Crippen LogP contribution in [0.3, 0.4) is 0 Å². The number of rotatable bonds is 9. The van der Waals surface area contributed by atoms with Crippen molar-refractivity contribution < 1.29 is 9.47 Å². The molecular weight excluding hydrogens is 519 g/mol. The fourth-order valence-electron chi connectivity index (χ4n) is 3.15. The molecule has 8 nitrogen and oxygen atoms in total. The quantitative estimate of drug-likeness (QED) is 0.241. The number of methoxy groups -OCH3 is 2. The number of ether oxygens (including phenoxy) is 2. The largest absolute Gasteiger partial charge is 0.493 e. The van der Waals surface area contributed by atoms with Gasteiger partial charge in [0.2, 0.25) is 0 Å². The van der Waals surface area contributed by atoms with Crippen LogP contribution in [0.4, 0.5) is 0 Å². The molecule has 3 aromatic rings. The van der Waals surface area contributed by atoms with Gasteiger partial charge >= 0.3 is 0 Å². The van der Waals surface area contributed by atoms with Crippen LogP contribution in [0.5, 0.6) is 11.5 Å². The van der Waals surface area contributed by atoms with E-state index in [9.17, 15) is 0 Å². The number of pyridine rings is 1. The van der Waals surface area contributed by atoms with Gasteiger partial charge in [0.1, 0.15) is 11.6 Å². The summed E-state index contributed by atoms with van der Waals surface area (Å²) in [5.41, 5.74) is 2.20. The number of benzene rings is 1. The van der Waals surface area contributed by atoms with Crippen molar-refractivity contribution in [1.29, 1.82) is 0 Å². The molecule has 2 N–H and O–H groups in total. The smallest absolute Gasteiger partial charge is 0.191 e. The lowest BCUT2D eigenvalue weighted by atomic mass is 10.1. The Morgan fingerprint density at radius 2 is 1.81 bits per heavy atom. The Labute approximate surface area is 206 Å². The molecule has 2 heterocycles. The summed E-state index contributed by atoms with van der Waals surface area (Å²) in [5.74, 6) is 4.01. The van der Waals surface area contributed by atoms with E-state index in [4.69, 9.17) is 9.47 Å². The Kier molecular flexibility index (Phi) is 10.3. The van der Waals surface area contributed by atoms with Crippen LogP contribution in [0.1, 0.15) is 23.9 Å². The summed E-state index contributed by atoms with van der Waals surface area (Å²) in [6.45, 7) is 6.09. The van der Waals surface area contributed by atoms with Gasteiger partial charge in [0.25, 0.3) is 0 Å². The second kappa shape index (κ2) is 12.9. The molecule has 0 bridgehead atoms. The number of imidazole rings is 1. The number of nitrogens with one attached hydrogen (secondary N) is 2. The first-order valence-electron chi connectivity index (χ1n) is 10.3. The van der Waals surface area contributed by atoms with Gasteiger partial charge in [-0.3, -0.25) is 4.57 Å². The number of hydrogen-bond donors (Lipinski definition) is 2. The fourth-order valence-corrected chi connectivity index (χ4v) is 3.15. The molecule has 0 saturated heterocycles. The number of nitrogens with zero attached hydrogens (tertiary/aromatic N) is 4. The number of halogens is 1. The molecule has 9 heteroatoms. The van der Waals surface area contributed by atoms with Crippen LogP contribution in [0, 0.1) is 6.92 Å². The Morgan fingerprint density at radius 1 is 1.03 bits per heavy atom. The third-order valence-electron chi connectivity index (χ3n) is 4.80. The highest BCUT2D eigenvalue weighted by molar-refractivity contribution is 14.0. The number of hydrogen-bond acceptors (Lipinski definition) is 5. The highest BCUT2D eigenvalue weighted by Gasteiger charge is 2.06. The maximum atomic E-state index is 5.38. The molecule has 0 amide bonds. The lowest BCUT2D eigenvalue weighted by Crippen LogP contribution is -2.38. The van der Waals surface area contributed by atoms with E-state index >= 15 is 0 Å². The van der Waals surface area contributed by atoms with Crippen LogP contribution < -0.4 is 20.1 Å². The predicted molar refractivity (Wildman–Crippen MR) is 138 cm³/mol. The normalized spacial score (nSPS) is 10.9. The molecule has 0 aliphatic carbocycles. The highest BCUT2D eigenvalue weighted by atomic mass is 127. The standard InChI is InChI=1S/C23H30N6O2.HI/c1-5-24-23(26-11-10-18-6-8-20(30-3)21(14-18)31-4)28-16-19-7-9-22(27-15-19)29-13-12-25-17(29)2;/h6-9,12-15H,5,10-11,16H2,1-4H3,(H2,24,26,28);1H. The van der Waals surface area contributed by atoms with Crippen molar-refractivity contribution in [1.82, 2.24) is 25.2 Å². The van der Waals surface area contributed by atoms with Crippen molar-refractivity contribution in [3.63, 3.8) is 0 Å². The minimum absolute atomic E-state index is 0. The molecule has 0 aliphatic heterocycles. The summed E-state index contributed by atoms with van der Waals surface area (Å²) in [5, 5.41) is 6.66. The van der Waals surface area contributed by atoms with E-state index in [1.807, 2.05) is 54.2 Å². The summed E-state index contributed by atoms with van der Waals surface area (Å²) in [4.78, 5) is 13.4. The van der Waals surface area contributed by atoms with Crippen molar-refractivity contribution in [2.45, 2.75) is 26.8 Å². The number of aliphatic imine (C=N–C) groups is 1. The second-order valence-corrected chi connectivity index (χ2v) is 6.93. The number of aromatic nitrogens is 3. The van der Waals surface area contributed by atoms with Gasteiger partial charge in [-0.15, -0.1) is 24.0 Å². The first-order valence-corrected chi connectivity index (χ1v) is 10.3. The predicted octanol–water partition coefficient (Wildman–Crippen LogP) is 3.51. The van der Waals surface area contributed by atoms with E-state index in [1.165, 1.54) is 0 Å². The van der Waals surface area contributed by atoms with Crippen LogP contribution in [0.15, 0.2) is 53.9 Å². The highest BCUT2D eigenvalue weighted by Crippen LogP contribution is 2.27. The Bertz CT molecular complexity index is 1000. The zero-order valence-electron chi connectivity index (χ0n) is 19.0. The zero-order valence-corrected chi connectivity index (χ0v) is 21.3. The van der Waals surface area contributed by atoms with E-state index in [-0.39, 0.29) is 24.0 Å². The number of aryl methyl sites for hydroxylation is 1. The average Bonchev–Trinajstić information content (AvgIpc) is 3.23. The number of guanidine groups is 1. The van der Waals surface area contributed by atoms with Gasteiger partial charge in [-0.1, -0.05) is 12.1 Å². The van der Waals surface area contributed by atoms with Gasteiger partial charge in [-0.2, -0.15) is 0 Å². The lowest BCUT2D eigenvalue weighted by Gasteiger charge is -2.13. The van der Waals surface area contributed by atoms with Crippen LogP contribution in [0.25, 0.3) is 5.82 Å². The van der Waals surface area contributed by atoms with E-state index < -0.39 is 0 Å². The van der Waals surface area contributed by atoms with E-state index in [0.717, 1.165) is 59.7 Å². The van der Waals surface area contributed by atoms with Gasteiger partial charge in [-0.05, 0) is 49.6 Å². The minimum atomic E-state index is 0. The molecule has 172 valence electrons. The first-order chi connectivity index (χ1) is 15.1. The molecule has 0 atom stereocenters. The molecule has 1 aromatic carbocycles. The van der Waals surface area contributed by atoms with Crippen molar-refractivity contribution in [3.05, 3.63) is 65.9 Å². The Morgan fingerprint density at radius 3 is 2.44 bits per heavy atom. The Balaban J connectivity index is 0.00000363. The summed E-state index contributed by atoms with van der Waals surface area (Å²) in [6.07, 6.45) is 6.36. The monoisotopic (exact) mass is 550 g/mol. The van der Waals surface area contributed by atoms with Gasteiger partial charge in [-0.25, -0.2) is 15.0 Å². The van der Waals surface area contributed by atoms with Gasteiger partial charge in [0.05, 0.1) is 20.8 Å². The summed E-state index contributed by atoms with van der Waals surface area (Å²) >= 11 is 0. The molecule has 0 fully saturated rings. The molecule has 0 aliphatic rings. The minimum Gasteiger partial charge on any atom is -0.493 e. The molecule has 32 heavy (non-hydrogen) atoms. The summed E-state index contributed by atoms with van der Waals surface area (Å²) in [7, 11) is 3.29. The maximum absolute atomic E-state index is 5.38.